The van der Waals surface area contributed by atoms with E-state index in [-0.39, 0.29) is 0 Å². The fourth-order valence-corrected chi connectivity index (χ4v) is 2.23. The fraction of sp³-hybridized carbons (Fsp3) is 0.100. The first-order valence-corrected chi connectivity index (χ1v) is 6.29. The van der Waals surface area contributed by atoms with Gasteiger partial charge in [0.15, 0.2) is 0 Å². The number of hydrogen-bond donors (Lipinski definition) is 0. The van der Waals surface area contributed by atoms with Crippen LogP contribution in [0, 0.1) is 7.40 Å². The van der Waals surface area contributed by atoms with Crippen LogP contribution in [0.2, 0.25) is 0 Å². The van der Waals surface area contributed by atoms with Gasteiger partial charge in [0.2, 0.25) is 0 Å². The van der Waals surface area contributed by atoms with Crippen LogP contribution in [-0.2, 0) is 7.05 Å². The van der Waals surface area contributed by atoms with Crippen LogP contribution in [0.4, 0.5) is 0 Å². The Morgan fingerprint density at radius 2 is 1.79 bits per heavy atom. The van der Waals surface area contributed by atoms with Gasteiger partial charge in [0.05, 0.1) is 0 Å². The number of aromatic nitrogens is 2. The second kappa shape index (κ2) is 4.18. The van der Waals surface area contributed by atoms with E-state index in [9.17, 15) is 0 Å². The molecule has 0 unspecified atom stereocenters. The van der Waals surface area contributed by atoms with Gasteiger partial charge in [0, 0.05) is 12.6 Å². The maximum atomic E-state index is 4.52. The van der Waals surface area contributed by atoms with Gasteiger partial charge in [-0.25, -0.2) is 4.98 Å². The Bertz CT molecular complexity index is 449. The van der Waals surface area contributed by atoms with E-state index >= 15 is 0 Å². The summed E-state index contributed by atoms with van der Waals surface area (Å²) in [7, 11) is 2.04. The van der Waals surface area contributed by atoms with E-state index in [1.807, 2.05) is 25.2 Å². The summed E-state index contributed by atoms with van der Waals surface area (Å²) in [4.78, 5) is 4.52. The highest BCUT2D eigenvalue weighted by molar-refractivity contribution is 14.1. The van der Waals surface area contributed by atoms with Crippen molar-refractivity contribution in [3.05, 3.63) is 37.7 Å². The van der Waals surface area contributed by atoms with Gasteiger partial charge in [-0.15, -0.1) is 0 Å². The van der Waals surface area contributed by atoms with Crippen LogP contribution in [0.1, 0.15) is 0 Å². The average Bonchev–Trinajstić information content (AvgIpc) is 2.47. The summed E-state index contributed by atoms with van der Waals surface area (Å²) in [5, 5.41) is 0. The van der Waals surface area contributed by atoms with Crippen molar-refractivity contribution in [3.63, 3.8) is 0 Å². The summed E-state index contributed by atoms with van der Waals surface area (Å²) in [5.41, 5.74) is 1.16. The number of imidazole rings is 1. The van der Waals surface area contributed by atoms with Crippen molar-refractivity contribution >= 4 is 45.2 Å². The average molecular weight is 410 g/mol. The lowest BCUT2D eigenvalue weighted by molar-refractivity contribution is 0.898. The topological polar surface area (TPSA) is 17.8 Å². The van der Waals surface area contributed by atoms with Gasteiger partial charge in [-0.2, -0.15) is 0 Å². The van der Waals surface area contributed by atoms with E-state index in [0.29, 0.717) is 0 Å². The van der Waals surface area contributed by atoms with Gasteiger partial charge in [-0.05, 0) is 45.2 Å². The standard InChI is InChI=1S/C10H8I2N2/c1-14-9(12)8(11)13-10(14)7-5-3-2-4-6-7/h2-6H,1H3. The predicted molar refractivity (Wildman–Crippen MR) is 74.1 cm³/mol. The summed E-state index contributed by atoms with van der Waals surface area (Å²) >= 11 is 4.57. The zero-order chi connectivity index (χ0) is 10.1. The second-order valence-corrected chi connectivity index (χ2v) is 4.99. The first kappa shape index (κ1) is 10.4. The number of rotatable bonds is 1. The van der Waals surface area contributed by atoms with Crippen molar-refractivity contribution in [2.45, 2.75) is 0 Å². The highest BCUT2D eigenvalue weighted by Crippen LogP contribution is 2.23. The molecule has 0 saturated carbocycles. The number of benzene rings is 1. The van der Waals surface area contributed by atoms with E-state index in [2.05, 4.69) is 66.9 Å². The molecular formula is C10H8I2N2. The molecule has 0 N–H and O–H groups in total. The molecule has 0 atom stereocenters. The molecule has 2 nitrogen and oxygen atoms in total. The third kappa shape index (κ3) is 1.81. The highest BCUT2D eigenvalue weighted by atomic mass is 127. The lowest BCUT2D eigenvalue weighted by Gasteiger charge is -2.01. The van der Waals surface area contributed by atoms with Gasteiger partial charge in [-0.1, -0.05) is 30.3 Å². The molecule has 0 saturated heterocycles. The lowest BCUT2D eigenvalue weighted by atomic mass is 10.2. The van der Waals surface area contributed by atoms with E-state index in [4.69, 9.17) is 0 Å². The molecule has 2 aromatic rings. The molecule has 14 heavy (non-hydrogen) atoms. The van der Waals surface area contributed by atoms with E-state index in [1.54, 1.807) is 0 Å². The molecule has 1 aromatic heterocycles. The Balaban J connectivity index is 2.58. The summed E-state index contributed by atoms with van der Waals surface area (Å²) in [6.45, 7) is 0. The van der Waals surface area contributed by atoms with Crippen LogP contribution < -0.4 is 0 Å². The summed E-state index contributed by atoms with van der Waals surface area (Å²) in [6, 6.07) is 10.2. The molecule has 0 radical (unpaired) electrons. The molecule has 4 heteroatoms. The first-order valence-electron chi connectivity index (χ1n) is 4.13. The van der Waals surface area contributed by atoms with Crippen LogP contribution in [0.5, 0.6) is 0 Å². The number of halogens is 2. The number of hydrogen-bond acceptors (Lipinski definition) is 1. The molecule has 72 valence electrons. The van der Waals surface area contributed by atoms with Crippen LogP contribution in [-0.4, -0.2) is 9.55 Å². The van der Waals surface area contributed by atoms with Crippen LogP contribution in [0.15, 0.2) is 30.3 Å². The molecule has 0 aliphatic heterocycles. The SMILES string of the molecule is Cn1c(-c2ccccc2)nc(I)c1I. The maximum Gasteiger partial charge on any atom is 0.141 e. The zero-order valence-electron chi connectivity index (χ0n) is 7.54. The minimum atomic E-state index is 1.03. The molecule has 0 aliphatic rings. The molecule has 2 rings (SSSR count). The van der Waals surface area contributed by atoms with Crippen LogP contribution in [0.3, 0.4) is 0 Å². The van der Waals surface area contributed by atoms with Crippen LogP contribution in [0.25, 0.3) is 11.4 Å². The Kier molecular flexibility index (Phi) is 3.10. The molecule has 1 aromatic carbocycles. The summed E-state index contributed by atoms with van der Waals surface area (Å²) < 4.78 is 4.35. The molecule has 0 spiro atoms. The Hall–Kier alpha value is -0.110. The largest absolute Gasteiger partial charge is 0.322 e. The highest BCUT2D eigenvalue weighted by Gasteiger charge is 2.10. The molecule has 1 heterocycles. The summed E-state index contributed by atoms with van der Waals surface area (Å²) in [5.74, 6) is 1.03. The van der Waals surface area contributed by atoms with Gasteiger partial charge in [0.25, 0.3) is 0 Å². The molecule has 0 bridgehead atoms. The Morgan fingerprint density at radius 1 is 1.14 bits per heavy atom. The minimum Gasteiger partial charge on any atom is -0.322 e. The van der Waals surface area contributed by atoms with Crippen molar-refractivity contribution in [1.82, 2.24) is 9.55 Å². The third-order valence-corrected chi connectivity index (χ3v) is 5.04. The van der Waals surface area contributed by atoms with E-state index in [0.717, 1.165) is 15.1 Å². The van der Waals surface area contributed by atoms with E-state index in [1.165, 1.54) is 3.70 Å². The third-order valence-electron chi connectivity index (χ3n) is 2.02. The fourth-order valence-electron chi connectivity index (χ4n) is 1.29. The monoisotopic (exact) mass is 410 g/mol. The van der Waals surface area contributed by atoms with Gasteiger partial charge < -0.3 is 4.57 Å². The predicted octanol–water partition coefficient (Wildman–Crippen LogP) is 3.30. The second-order valence-electron chi connectivity index (χ2n) is 2.94. The van der Waals surface area contributed by atoms with E-state index < -0.39 is 0 Å². The maximum absolute atomic E-state index is 4.52. The zero-order valence-corrected chi connectivity index (χ0v) is 11.9. The molecule has 0 aliphatic carbocycles. The normalized spacial score (nSPS) is 10.5. The van der Waals surface area contributed by atoms with Gasteiger partial charge in [0.1, 0.15) is 13.2 Å². The van der Waals surface area contributed by atoms with Crippen molar-refractivity contribution in [2.75, 3.05) is 0 Å². The van der Waals surface area contributed by atoms with Gasteiger partial charge in [-0.3, -0.25) is 0 Å². The molecule has 0 amide bonds. The first-order chi connectivity index (χ1) is 6.70. The van der Waals surface area contributed by atoms with Crippen LogP contribution >= 0.6 is 45.2 Å². The van der Waals surface area contributed by atoms with Crippen molar-refractivity contribution < 1.29 is 0 Å². The summed E-state index contributed by atoms with van der Waals surface area (Å²) in [6.07, 6.45) is 0. The molecule has 0 fully saturated rings. The Labute approximate surface area is 110 Å². The van der Waals surface area contributed by atoms with Crippen molar-refractivity contribution in [2.24, 2.45) is 7.05 Å². The van der Waals surface area contributed by atoms with Gasteiger partial charge >= 0.3 is 0 Å². The Morgan fingerprint density at radius 3 is 2.29 bits per heavy atom. The quantitative estimate of drug-likeness (QED) is 0.661. The minimum absolute atomic E-state index is 1.03. The van der Waals surface area contributed by atoms with Crippen molar-refractivity contribution in [1.29, 1.82) is 0 Å². The van der Waals surface area contributed by atoms with Crippen molar-refractivity contribution in [3.8, 4) is 11.4 Å². The molecular weight excluding hydrogens is 402 g/mol. The smallest absolute Gasteiger partial charge is 0.141 e. The number of nitrogens with zero attached hydrogens (tertiary/aromatic N) is 2. The lowest BCUT2D eigenvalue weighted by Crippen LogP contribution is -1.94.